The quantitative estimate of drug-likeness (QED) is 0.794. The normalized spacial score (nSPS) is 17.5. The molecule has 1 aromatic heterocycles. The van der Waals surface area contributed by atoms with Crippen molar-refractivity contribution in [2.75, 3.05) is 6.54 Å². The Balaban J connectivity index is 1.66. The van der Waals surface area contributed by atoms with Crippen molar-refractivity contribution in [1.82, 2.24) is 10.3 Å². The lowest BCUT2D eigenvalue weighted by molar-refractivity contribution is 0.0526. The van der Waals surface area contributed by atoms with Gasteiger partial charge in [-0.1, -0.05) is 36.8 Å². The second kappa shape index (κ2) is 5.97. The van der Waals surface area contributed by atoms with E-state index in [1.807, 2.05) is 42.6 Å². The van der Waals surface area contributed by atoms with Crippen LogP contribution in [-0.4, -0.2) is 22.5 Å². The van der Waals surface area contributed by atoms with Crippen molar-refractivity contribution in [3.05, 3.63) is 59.4 Å². The van der Waals surface area contributed by atoms with Crippen LogP contribution >= 0.6 is 0 Å². The molecule has 0 bridgehead atoms. The summed E-state index contributed by atoms with van der Waals surface area (Å²) in [6, 6.07) is 11.2. The Kier molecular flexibility index (Phi) is 4.03. The predicted molar refractivity (Wildman–Crippen MR) is 85.7 cm³/mol. The highest BCUT2D eigenvalue weighted by atomic mass is 16.3. The van der Waals surface area contributed by atoms with Crippen molar-refractivity contribution < 1.29 is 9.90 Å². The van der Waals surface area contributed by atoms with Crippen LogP contribution in [0.2, 0.25) is 0 Å². The van der Waals surface area contributed by atoms with Gasteiger partial charge in [-0.05, 0) is 37.3 Å². The number of hydrogen-bond donors (Lipinski definition) is 3. The van der Waals surface area contributed by atoms with Crippen molar-refractivity contribution in [2.24, 2.45) is 0 Å². The second-order valence-corrected chi connectivity index (χ2v) is 6.26. The third-order valence-electron chi connectivity index (χ3n) is 4.53. The molecule has 1 atom stereocenters. The molecule has 2 aromatic rings. The number of aromatic amines is 1. The molecule has 3 N–H and O–H groups in total. The molecular formula is C18H22N2O2. The number of rotatable bonds is 5. The van der Waals surface area contributed by atoms with E-state index in [0.717, 1.165) is 24.1 Å². The van der Waals surface area contributed by atoms with Crippen LogP contribution in [0.25, 0.3) is 0 Å². The van der Waals surface area contributed by atoms with Gasteiger partial charge in [0.1, 0.15) is 5.60 Å². The molecule has 1 aliphatic carbocycles. The van der Waals surface area contributed by atoms with Gasteiger partial charge in [0.15, 0.2) is 0 Å². The molecule has 1 aliphatic rings. The number of aromatic nitrogens is 1. The van der Waals surface area contributed by atoms with E-state index >= 15 is 0 Å². The van der Waals surface area contributed by atoms with E-state index in [9.17, 15) is 9.90 Å². The molecule has 1 unspecified atom stereocenters. The highest BCUT2D eigenvalue weighted by Gasteiger charge is 2.27. The molecule has 0 aliphatic heterocycles. The maximum absolute atomic E-state index is 12.4. The lowest BCUT2D eigenvalue weighted by Gasteiger charge is -2.26. The maximum atomic E-state index is 12.4. The molecule has 4 heteroatoms. The van der Waals surface area contributed by atoms with E-state index in [4.69, 9.17) is 0 Å². The fourth-order valence-electron chi connectivity index (χ4n) is 2.86. The molecule has 1 saturated carbocycles. The molecular weight excluding hydrogens is 276 g/mol. The highest BCUT2D eigenvalue weighted by molar-refractivity contribution is 5.95. The zero-order valence-corrected chi connectivity index (χ0v) is 12.8. The lowest BCUT2D eigenvalue weighted by atomic mass is 9.81. The van der Waals surface area contributed by atoms with Gasteiger partial charge in [-0.2, -0.15) is 0 Å². The molecule has 3 rings (SSSR count). The Morgan fingerprint density at radius 1 is 1.32 bits per heavy atom. The minimum Gasteiger partial charge on any atom is -0.384 e. The summed E-state index contributed by atoms with van der Waals surface area (Å²) in [5.74, 6) is 0.352. The van der Waals surface area contributed by atoms with Crippen molar-refractivity contribution in [1.29, 1.82) is 0 Å². The molecule has 1 amide bonds. The van der Waals surface area contributed by atoms with Crippen molar-refractivity contribution in [2.45, 2.75) is 37.7 Å². The first-order valence-corrected chi connectivity index (χ1v) is 7.81. The number of aliphatic hydroxyl groups is 1. The van der Waals surface area contributed by atoms with Gasteiger partial charge in [-0.25, -0.2) is 0 Å². The standard InChI is InChI=1S/C18H22N2O2/c1-18(22,14-8-3-2-4-9-14)12-20-17(21)15-10-11-19-16(15)13-6-5-7-13/h2-4,8-11,13,19,22H,5-7,12H2,1H3,(H,20,21). The van der Waals surface area contributed by atoms with Crippen LogP contribution in [0.4, 0.5) is 0 Å². The van der Waals surface area contributed by atoms with Crippen molar-refractivity contribution in [3.8, 4) is 0 Å². The van der Waals surface area contributed by atoms with Crippen molar-refractivity contribution in [3.63, 3.8) is 0 Å². The second-order valence-electron chi connectivity index (χ2n) is 6.26. The van der Waals surface area contributed by atoms with E-state index in [1.165, 1.54) is 6.42 Å². The Morgan fingerprint density at radius 2 is 2.05 bits per heavy atom. The van der Waals surface area contributed by atoms with E-state index in [2.05, 4.69) is 10.3 Å². The number of carbonyl (C=O) groups is 1. The number of carbonyl (C=O) groups excluding carboxylic acids is 1. The van der Waals surface area contributed by atoms with E-state index in [1.54, 1.807) is 6.92 Å². The van der Waals surface area contributed by atoms with Crippen LogP contribution in [0.15, 0.2) is 42.6 Å². The molecule has 0 spiro atoms. The lowest BCUT2D eigenvalue weighted by Crippen LogP contribution is -2.38. The first-order valence-electron chi connectivity index (χ1n) is 7.81. The summed E-state index contributed by atoms with van der Waals surface area (Å²) in [5, 5.41) is 13.4. The van der Waals surface area contributed by atoms with E-state index in [0.29, 0.717) is 11.5 Å². The van der Waals surface area contributed by atoms with Crippen LogP contribution in [0, 0.1) is 0 Å². The van der Waals surface area contributed by atoms with Gasteiger partial charge in [-0.15, -0.1) is 0 Å². The summed E-state index contributed by atoms with van der Waals surface area (Å²) in [6.07, 6.45) is 5.33. The van der Waals surface area contributed by atoms with Gasteiger partial charge < -0.3 is 15.4 Å². The summed E-state index contributed by atoms with van der Waals surface area (Å²) in [6.45, 7) is 1.90. The Hall–Kier alpha value is -2.07. The average molecular weight is 298 g/mol. The first-order chi connectivity index (χ1) is 10.6. The van der Waals surface area contributed by atoms with Crippen LogP contribution in [0.1, 0.15) is 53.7 Å². The number of nitrogens with one attached hydrogen (secondary N) is 2. The SMILES string of the molecule is CC(O)(CNC(=O)c1cc[nH]c1C1CCC1)c1ccccc1. The van der Waals surface area contributed by atoms with E-state index < -0.39 is 5.60 Å². The summed E-state index contributed by atoms with van der Waals surface area (Å²) in [4.78, 5) is 15.6. The number of H-pyrrole nitrogens is 1. The smallest absolute Gasteiger partial charge is 0.253 e. The highest BCUT2D eigenvalue weighted by Crippen LogP contribution is 2.37. The summed E-state index contributed by atoms with van der Waals surface area (Å²) < 4.78 is 0. The molecule has 4 nitrogen and oxygen atoms in total. The molecule has 0 saturated heterocycles. The Morgan fingerprint density at radius 3 is 2.68 bits per heavy atom. The van der Waals surface area contributed by atoms with Gasteiger partial charge in [0, 0.05) is 11.9 Å². The van der Waals surface area contributed by atoms with Crippen LogP contribution < -0.4 is 5.32 Å². The summed E-state index contributed by atoms with van der Waals surface area (Å²) in [7, 11) is 0. The molecule has 1 fully saturated rings. The monoisotopic (exact) mass is 298 g/mol. The summed E-state index contributed by atoms with van der Waals surface area (Å²) in [5.41, 5.74) is 1.45. The van der Waals surface area contributed by atoms with Crippen LogP contribution in [-0.2, 0) is 5.60 Å². The van der Waals surface area contributed by atoms with Gasteiger partial charge in [0.2, 0.25) is 0 Å². The van der Waals surface area contributed by atoms with Gasteiger partial charge in [-0.3, -0.25) is 4.79 Å². The van der Waals surface area contributed by atoms with Gasteiger partial charge in [0.05, 0.1) is 12.1 Å². The molecule has 0 radical (unpaired) electrons. The molecule has 1 aromatic carbocycles. The zero-order chi connectivity index (χ0) is 15.6. The molecule has 116 valence electrons. The Labute approximate surface area is 130 Å². The van der Waals surface area contributed by atoms with E-state index in [-0.39, 0.29) is 12.5 Å². The summed E-state index contributed by atoms with van der Waals surface area (Å²) >= 11 is 0. The zero-order valence-electron chi connectivity index (χ0n) is 12.8. The van der Waals surface area contributed by atoms with Gasteiger partial charge in [0.25, 0.3) is 5.91 Å². The number of amides is 1. The topological polar surface area (TPSA) is 65.1 Å². The Bertz CT molecular complexity index is 642. The van der Waals surface area contributed by atoms with Crippen molar-refractivity contribution >= 4 is 5.91 Å². The fourth-order valence-corrected chi connectivity index (χ4v) is 2.86. The first kappa shape index (κ1) is 14.9. The molecule has 22 heavy (non-hydrogen) atoms. The number of benzene rings is 1. The third-order valence-corrected chi connectivity index (χ3v) is 4.53. The molecule has 1 heterocycles. The maximum Gasteiger partial charge on any atom is 0.253 e. The minimum atomic E-state index is -1.08. The van der Waals surface area contributed by atoms with Gasteiger partial charge >= 0.3 is 0 Å². The number of hydrogen-bond acceptors (Lipinski definition) is 2. The van der Waals surface area contributed by atoms with Crippen LogP contribution in [0.3, 0.4) is 0 Å². The predicted octanol–water partition coefficient (Wildman–Crippen LogP) is 2.92. The minimum absolute atomic E-state index is 0.126. The fraction of sp³-hybridized carbons (Fsp3) is 0.389. The average Bonchev–Trinajstić information content (AvgIpc) is 2.93. The largest absolute Gasteiger partial charge is 0.384 e. The third kappa shape index (κ3) is 2.92. The van der Waals surface area contributed by atoms with Crippen LogP contribution in [0.5, 0.6) is 0 Å².